The third-order valence-corrected chi connectivity index (χ3v) is 4.77. The number of nitriles is 1. The summed E-state index contributed by atoms with van der Waals surface area (Å²) in [5, 5.41) is 12.9. The van der Waals surface area contributed by atoms with Crippen molar-refractivity contribution in [3.63, 3.8) is 0 Å². The lowest BCUT2D eigenvalue weighted by molar-refractivity contribution is -0.123. The van der Waals surface area contributed by atoms with Crippen LogP contribution in [0.4, 0.5) is 0 Å². The van der Waals surface area contributed by atoms with Crippen LogP contribution in [0.25, 0.3) is 11.3 Å². The molecule has 0 spiro atoms. The van der Waals surface area contributed by atoms with Gasteiger partial charge in [0.15, 0.2) is 6.61 Å². The Hall–Kier alpha value is -2.64. The lowest BCUT2D eigenvalue weighted by Gasteiger charge is -2.06. The van der Waals surface area contributed by atoms with Crippen molar-refractivity contribution in [2.24, 2.45) is 5.10 Å². The van der Waals surface area contributed by atoms with Gasteiger partial charge in [0.05, 0.1) is 11.8 Å². The number of hydrazone groups is 1. The molecule has 0 atom stereocenters. The summed E-state index contributed by atoms with van der Waals surface area (Å²) >= 11 is 5.52. The molecule has 0 saturated heterocycles. The second kappa shape index (κ2) is 9.52. The number of hydrogen-bond acceptors (Lipinski definition) is 5. The van der Waals surface area contributed by atoms with Crippen LogP contribution in [0.1, 0.15) is 11.3 Å². The number of ether oxygens (including phenoxy) is 1. The highest BCUT2D eigenvalue weighted by Crippen LogP contribution is 2.23. The largest absolute Gasteiger partial charge is 0.482 e. The molecule has 0 aliphatic carbocycles. The lowest BCUT2D eigenvalue weighted by Crippen LogP contribution is -2.24. The van der Waals surface area contributed by atoms with Crippen LogP contribution in [0, 0.1) is 14.9 Å². The molecule has 3 aromatic rings. The van der Waals surface area contributed by atoms with E-state index < -0.39 is 5.91 Å². The fraction of sp³-hybridized carbons (Fsp3) is 0.0500. The van der Waals surface area contributed by atoms with E-state index in [9.17, 15) is 4.79 Å². The number of benzene rings is 2. The smallest absolute Gasteiger partial charge is 0.277 e. The van der Waals surface area contributed by atoms with E-state index in [4.69, 9.17) is 14.4 Å². The van der Waals surface area contributed by atoms with E-state index in [-0.39, 0.29) is 6.61 Å². The van der Waals surface area contributed by atoms with Gasteiger partial charge in [0.1, 0.15) is 23.3 Å². The number of nitrogens with one attached hydrogen (secondary N) is 1. The van der Waals surface area contributed by atoms with Gasteiger partial charge in [-0.15, -0.1) is 0 Å². The average Bonchev–Trinajstić information content (AvgIpc) is 3.16. The second-order valence-corrected chi connectivity index (χ2v) is 7.70. The SMILES string of the molecule is N#Cc1cc(Br)ccc1OCC(=O)NN=Cc1ccc(-c2ccc(I)cc2)o1. The Labute approximate surface area is 183 Å². The van der Waals surface area contributed by atoms with Gasteiger partial charge in [0, 0.05) is 13.6 Å². The summed E-state index contributed by atoms with van der Waals surface area (Å²) in [4.78, 5) is 11.9. The predicted octanol–water partition coefficient (Wildman–Crippen LogP) is 4.71. The molecule has 6 nitrogen and oxygen atoms in total. The van der Waals surface area contributed by atoms with Crippen molar-refractivity contribution in [2.45, 2.75) is 0 Å². The molecule has 2 aromatic carbocycles. The zero-order chi connectivity index (χ0) is 19.9. The minimum Gasteiger partial charge on any atom is -0.482 e. The van der Waals surface area contributed by atoms with Crippen molar-refractivity contribution >= 4 is 50.6 Å². The zero-order valence-corrected chi connectivity index (χ0v) is 18.1. The van der Waals surface area contributed by atoms with E-state index in [1.165, 1.54) is 6.21 Å². The molecule has 0 fully saturated rings. The van der Waals surface area contributed by atoms with Gasteiger partial charge in [-0.05, 0) is 65.1 Å². The van der Waals surface area contributed by atoms with Gasteiger partial charge in [0.2, 0.25) is 0 Å². The Morgan fingerprint density at radius 3 is 2.79 bits per heavy atom. The van der Waals surface area contributed by atoms with Gasteiger partial charge in [0.25, 0.3) is 5.91 Å². The van der Waals surface area contributed by atoms with Crippen LogP contribution >= 0.6 is 38.5 Å². The van der Waals surface area contributed by atoms with Gasteiger partial charge in [-0.3, -0.25) is 4.79 Å². The van der Waals surface area contributed by atoms with Gasteiger partial charge >= 0.3 is 0 Å². The van der Waals surface area contributed by atoms with Crippen LogP contribution in [0.5, 0.6) is 5.75 Å². The van der Waals surface area contributed by atoms with Gasteiger partial charge in [-0.25, -0.2) is 5.43 Å². The summed E-state index contributed by atoms with van der Waals surface area (Å²) in [5.41, 5.74) is 3.66. The Morgan fingerprint density at radius 1 is 1.25 bits per heavy atom. The van der Waals surface area contributed by atoms with E-state index >= 15 is 0 Å². The number of carbonyl (C=O) groups excluding carboxylic acids is 1. The van der Waals surface area contributed by atoms with Crippen LogP contribution in [0.3, 0.4) is 0 Å². The monoisotopic (exact) mass is 549 g/mol. The third kappa shape index (κ3) is 5.43. The number of rotatable bonds is 6. The number of nitrogens with zero attached hydrogens (tertiary/aromatic N) is 2. The molecule has 1 amide bonds. The third-order valence-electron chi connectivity index (χ3n) is 3.56. The van der Waals surface area contributed by atoms with Crippen molar-refractivity contribution in [2.75, 3.05) is 6.61 Å². The highest BCUT2D eigenvalue weighted by Gasteiger charge is 2.07. The van der Waals surface area contributed by atoms with Gasteiger partial charge in [-0.2, -0.15) is 10.4 Å². The summed E-state index contributed by atoms with van der Waals surface area (Å²) in [5.74, 6) is 1.10. The standard InChI is InChI=1S/C20H13BrIN3O3/c21-15-3-7-18(14(9-15)10-23)27-12-20(26)25-24-11-17-6-8-19(28-17)13-1-4-16(22)5-2-13/h1-9,11H,12H2,(H,25,26). The number of amides is 1. The molecule has 28 heavy (non-hydrogen) atoms. The predicted molar refractivity (Wildman–Crippen MR) is 117 cm³/mol. The van der Waals surface area contributed by atoms with Crippen molar-refractivity contribution in [1.29, 1.82) is 5.26 Å². The molecule has 0 bridgehead atoms. The Kier molecular flexibility index (Phi) is 6.84. The molecule has 0 aliphatic heterocycles. The van der Waals surface area contributed by atoms with Crippen molar-refractivity contribution in [3.05, 3.63) is 74.0 Å². The normalized spacial score (nSPS) is 10.6. The average molecular weight is 550 g/mol. The van der Waals surface area contributed by atoms with Crippen LogP contribution in [-0.4, -0.2) is 18.7 Å². The molecule has 0 aliphatic rings. The molecule has 3 rings (SSSR count). The molecular weight excluding hydrogens is 537 g/mol. The maximum Gasteiger partial charge on any atom is 0.277 e. The summed E-state index contributed by atoms with van der Waals surface area (Å²) in [6.07, 6.45) is 1.41. The summed E-state index contributed by atoms with van der Waals surface area (Å²) in [7, 11) is 0. The summed E-state index contributed by atoms with van der Waals surface area (Å²) in [6.45, 7) is -0.264. The van der Waals surface area contributed by atoms with E-state index in [1.807, 2.05) is 36.4 Å². The number of hydrogen-bond donors (Lipinski definition) is 1. The lowest BCUT2D eigenvalue weighted by atomic mass is 10.2. The van der Waals surface area contributed by atoms with E-state index in [0.717, 1.165) is 13.6 Å². The van der Waals surface area contributed by atoms with Gasteiger partial charge < -0.3 is 9.15 Å². The van der Waals surface area contributed by atoms with Crippen LogP contribution in [0.2, 0.25) is 0 Å². The topological polar surface area (TPSA) is 87.6 Å². The van der Waals surface area contributed by atoms with Crippen LogP contribution in [-0.2, 0) is 4.79 Å². The fourth-order valence-electron chi connectivity index (χ4n) is 2.25. The number of halogens is 2. The number of carbonyl (C=O) groups is 1. The first kappa shape index (κ1) is 20.1. The minimum absolute atomic E-state index is 0.264. The van der Waals surface area contributed by atoms with E-state index in [1.54, 1.807) is 24.3 Å². The van der Waals surface area contributed by atoms with Gasteiger partial charge in [-0.1, -0.05) is 28.1 Å². The Morgan fingerprint density at radius 2 is 2.04 bits per heavy atom. The Bertz CT molecular complexity index is 1060. The van der Waals surface area contributed by atoms with E-state index in [0.29, 0.717) is 22.8 Å². The molecular formula is C20H13BrIN3O3. The summed E-state index contributed by atoms with van der Waals surface area (Å²) < 4.78 is 13.0. The molecule has 1 N–H and O–H groups in total. The second-order valence-electron chi connectivity index (χ2n) is 5.54. The molecule has 0 unspecified atom stereocenters. The van der Waals surface area contributed by atoms with Crippen molar-refractivity contribution in [3.8, 4) is 23.1 Å². The summed E-state index contributed by atoms with van der Waals surface area (Å²) in [6, 6.07) is 18.5. The first-order chi connectivity index (χ1) is 13.5. The first-order valence-electron chi connectivity index (χ1n) is 8.05. The molecule has 140 valence electrons. The zero-order valence-electron chi connectivity index (χ0n) is 14.4. The molecule has 8 heteroatoms. The molecule has 0 saturated carbocycles. The maximum absolute atomic E-state index is 11.9. The van der Waals surface area contributed by atoms with Crippen LogP contribution < -0.4 is 10.2 Å². The first-order valence-corrected chi connectivity index (χ1v) is 9.92. The van der Waals surface area contributed by atoms with Crippen molar-refractivity contribution in [1.82, 2.24) is 5.43 Å². The fourth-order valence-corrected chi connectivity index (χ4v) is 2.97. The number of furan rings is 1. The molecule has 1 heterocycles. The molecule has 1 aromatic heterocycles. The Balaban J connectivity index is 1.53. The van der Waals surface area contributed by atoms with Crippen molar-refractivity contribution < 1.29 is 13.9 Å². The maximum atomic E-state index is 11.9. The highest BCUT2D eigenvalue weighted by atomic mass is 127. The molecule has 0 radical (unpaired) electrons. The minimum atomic E-state index is -0.451. The van der Waals surface area contributed by atoms with E-state index in [2.05, 4.69) is 49.0 Å². The highest BCUT2D eigenvalue weighted by molar-refractivity contribution is 14.1. The quantitative estimate of drug-likeness (QED) is 0.274. The van der Waals surface area contributed by atoms with Crippen LogP contribution in [0.15, 0.2) is 68.6 Å².